The molecule has 0 aliphatic carbocycles. The molecule has 1 atom stereocenters. The Morgan fingerprint density at radius 3 is 2.94 bits per heavy atom. The normalized spacial score (nSPS) is 19.3. The molecule has 2 rings (SSSR count). The van der Waals surface area contributed by atoms with E-state index in [-0.39, 0.29) is 12.0 Å². The molecule has 0 unspecified atom stereocenters. The summed E-state index contributed by atoms with van der Waals surface area (Å²) < 4.78 is 1.10. The van der Waals surface area contributed by atoms with Gasteiger partial charge < -0.3 is 10.0 Å². The molecule has 18 heavy (non-hydrogen) atoms. The van der Waals surface area contributed by atoms with Gasteiger partial charge in [-0.15, -0.1) is 0 Å². The number of rotatable bonds is 3. The van der Waals surface area contributed by atoms with Crippen molar-refractivity contribution in [3.8, 4) is 0 Å². The van der Waals surface area contributed by atoms with Gasteiger partial charge >= 0.3 is 0 Å². The van der Waals surface area contributed by atoms with E-state index in [0.717, 1.165) is 10.9 Å². The second-order valence-corrected chi connectivity index (χ2v) is 5.72. The first-order valence-corrected chi connectivity index (χ1v) is 7.06. The molecule has 1 aromatic carbocycles. The lowest BCUT2D eigenvalue weighted by Crippen LogP contribution is -2.29. The topological polar surface area (TPSA) is 40.5 Å². The number of hydrogen-bond donors (Lipinski definition) is 1. The molecule has 0 aromatic heterocycles. The zero-order valence-electron chi connectivity index (χ0n) is 10.5. The van der Waals surface area contributed by atoms with Crippen LogP contribution in [0.4, 0.5) is 0 Å². The van der Waals surface area contributed by atoms with Crippen molar-refractivity contribution in [2.24, 2.45) is 0 Å². The molecule has 0 spiro atoms. The molecule has 3 nitrogen and oxygen atoms in total. The average molecular weight is 312 g/mol. The summed E-state index contributed by atoms with van der Waals surface area (Å²) in [5.41, 5.74) is 2.38. The van der Waals surface area contributed by atoms with E-state index in [2.05, 4.69) is 22.0 Å². The zero-order chi connectivity index (χ0) is 13.1. The second kappa shape index (κ2) is 5.85. The van der Waals surface area contributed by atoms with Gasteiger partial charge in [-0.25, -0.2) is 0 Å². The van der Waals surface area contributed by atoms with Crippen molar-refractivity contribution in [3.05, 3.63) is 33.8 Å². The van der Waals surface area contributed by atoms with Crippen molar-refractivity contribution in [1.82, 2.24) is 4.90 Å². The van der Waals surface area contributed by atoms with Gasteiger partial charge in [-0.05, 0) is 37.0 Å². The van der Waals surface area contributed by atoms with E-state index in [4.69, 9.17) is 0 Å². The summed E-state index contributed by atoms with van der Waals surface area (Å²) in [4.78, 5) is 13.7. The molecule has 0 saturated carbocycles. The number of nitrogens with zero attached hydrogens (tertiary/aromatic N) is 1. The van der Waals surface area contributed by atoms with E-state index in [9.17, 15) is 9.90 Å². The van der Waals surface area contributed by atoms with E-state index in [1.54, 1.807) is 4.90 Å². The quantitative estimate of drug-likeness (QED) is 0.930. The number of aliphatic hydroxyl groups excluding tert-OH is 1. The van der Waals surface area contributed by atoms with Crippen molar-refractivity contribution < 1.29 is 9.90 Å². The second-order valence-electron chi connectivity index (χ2n) is 4.87. The standard InChI is InChI=1S/C14H18BrNO2/c1-10-8-11(2-4-13(10)15)3-5-14(18)16-7-6-12(17)9-16/h2,4,8,12,17H,3,5-7,9H2,1H3/t12-/m1/s1. The minimum atomic E-state index is -0.330. The van der Waals surface area contributed by atoms with E-state index >= 15 is 0 Å². The first-order chi connectivity index (χ1) is 8.56. The van der Waals surface area contributed by atoms with Gasteiger partial charge in [0, 0.05) is 24.0 Å². The van der Waals surface area contributed by atoms with Crippen molar-refractivity contribution in [2.45, 2.75) is 32.3 Å². The minimum absolute atomic E-state index is 0.145. The van der Waals surface area contributed by atoms with E-state index in [0.29, 0.717) is 25.9 Å². The van der Waals surface area contributed by atoms with Crippen LogP contribution in [-0.4, -0.2) is 35.1 Å². The highest BCUT2D eigenvalue weighted by atomic mass is 79.9. The van der Waals surface area contributed by atoms with Crippen molar-refractivity contribution in [2.75, 3.05) is 13.1 Å². The monoisotopic (exact) mass is 311 g/mol. The Balaban J connectivity index is 1.87. The number of aryl methyl sites for hydroxylation is 2. The Kier molecular flexibility index (Phi) is 4.40. The van der Waals surface area contributed by atoms with Crippen LogP contribution in [0, 0.1) is 6.92 Å². The first-order valence-electron chi connectivity index (χ1n) is 6.27. The summed E-state index contributed by atoms with van der Waals surface area (Å²) in [6, 6.07) is 6.17. The average Bonchev–Trinajstić information content (AvgIpc) is 2.77. The van der Waals surface area contributed by atoms with E-state index < -0.39 is 0 Å². The zero-order valence-corrected chi connectivity index (χ0v) is 12.1. The molecule has 4 heteroatoms. The van der Waals surface area contributed by atoms with Gasteiger partial charge in [0.1, 0.15) is 0 Å². The maximum Gasteiger partial charge on any atom is 0.222 e. The molecule has 1 heterocycles. The Labute approximate surface area is 116 Å². The molecule has 1 aromatic rings. The summed E-state index contributed by atoms with van der Waals surface area (Å²) in [5.74, 6) is 0.145. The molecule has 1 amide bonds. The fraction of sp³-hybridized carbons (Fsp3) is 0.500. The van der Waals surface area contributed by atoms with Gasteiger partial charge in [-0.2, -0.15) is 0 Å². The smallest absolute Gasteiger partial charge is 0.222 e. The highest BCUT2D eigenvalue weighted by Gasteiger charge is 2.23. The van der Waals surface area contributed by atoms with Crippen LogP contribution in [0.15, 0.2) is 22.7 Å². The van der Waals surface area contributed by atoms with Crippen LogP contribution in [0.25, 0.3) is 0 Å². The molecule has 1 N–H and O–H groups in total. The highest BCUT2D eigenvalue weighted by molar-refractivity contribution is 9.10. The third-order valence-corrected chi connectivity index (χ3v) is 4.26. The molecular weight excluding hydrogens is 294 g/mol. The third kappa shape index (κ3) is 3.33. The van der Waals surface area contributed by atoms with Gasteiger partial charge in [0.2, 0.25) is 5.91 Å². The van der Waals surface area contributed by atoms with Crippen LogP contribution in [0.1, 0.15) is 24.0 Å². The Bertz CT molecular complexity index is 447. The van der Waals surface area contributed by atoms with Crippen LogP contribution in [0.5, 0.6) is 0 Å². The van der Waals surface area contributed by atoms with Crippen LogP contribution in [0.3, 0.4) is 0 Å². The van der Waals surface area contributed by atoms with Crippen LogP contribution < -0.4 is 0 Å². The number of β-amino-alcohol motifs (C(OH)–C–C–N with tert-alkyl or cyclic N) is 1. The predicted molar refractivity (Wildman–Crippen MR) is 74.4 cm³/mol. The van der Waals surface area contributed by atoms with Crippen LogP contribution in [-0.2, 0) is 11.2 Å². The number of benzene rings is 1. The number of likely N-dealkylation sites (tertiary alicyclic amines) is 1. The van der Waals surface area contributed by atoms with Crippen LogP contribution >= 0.6 is 15.9 Å². The lowest BCUT2D eigenvalue weighted by molar-refractivity contribution is -0.130. The third-order valence-electron chi connectivity index (χ3n) is 3.37. The van der Waals surface area contributed by atoms with Gasteiger partial charge in [0.05, 0.1) is 6.10 Å². The Hall–Kier alpha value is -0.870. The lowest BCUT2D eigenvalue weighted by Gasteiger charge is -2.15. The van der Waals surface area contributed by atoms with Crippen molar-refractivity contribution >= 4 is 21.8 Å². The van der Waals surface area contributed by atoms with Gasteiger partial charge in [-0.1, -0.05) is 28.1 Å². The van der Waals surface area contributed by atoms with Crippen LogP contribution in [0.2, 0.25) is 0 Å². The maximum absolute atomic E-state index is 11.9. The predicted octanol–water partition coefficient (Wildman–Crippen LogP) is 2.28. The first kappa shape index (κ1) is 13.6. The number of halogens is 1. The van der Waals surface area contributed by atoms with Gasteiger partial charge in [-0.3, -0.25) is 4.79 Å². The number of amides is 1. The summed E-state index contributed by atoms with van der Waals surface area (Å²) in [6.07, 6.45) is 1.67. The lowest BCUT2D eigenvalue weighted by atomic mass is 10.1. The van der Waals surface area contributed by atoms with Crippen molar-refractivity contribution in [3.63, 3.8) is 0 Å². The number of carbonyl (C=O) groups excluding carboxylic acids is 1. The maximum atomic E-state index is 11.9. The summed E-state index contributed by atoms with van der Waals surface area (Å²) in [7, 11) is 0. The molecule has 98 valence electrons. The highest BCUT2D eigenvalue weighted by Crippen LogP contribution is 2.18. The molecular formula is C14H18BrNO2. The fourth-order valence-corrected chi connectivity index (χ4v) is 2.49. The summed E-state index contributed by atoms with van der Waals surface area (Å²) >= 11 is 3.47. The van der Waals surface area contributed by atoms with Crippen molar-refractivity contribution in [1.29, 1.82) is 0 Å². The molecule has 1 saturated heterocycles. The Morgan fingerprint density at radius 1 is 1.56 bits per heavy atom. The molecule has 0 bridgehead atoms. The van der Waals surface area contributed by atoms with Gasteiger partial charge in [0.25, 0.3) is 0 Å². The summed E-state index contributed by atoms with van der Waals surface area (Å²) in [5, 5.41) is 9.40. The number of aliphatic hydroxyl groups is 1. The van der Waals surface area contributed by atoms with Gasteiger partial charge in [0.15, 0.2) is 0 Å². The molecule has 1 fully saturated rings. The largest absolute Gasteiger partial charge is 0.391 e. The number of hydrogen-bond acceptors (Lipinski definition) is 2. The Morgan fingerprint density at radius 2 is 2.33 bits per heavy atom. The molecule has 1 aliphatic rings. The molecule has 0 radical (unpaired) electrons. The number of carbonyl (C=O) groups is 1. The van der Waals surface area contributed by atoms with E-state index in [1.165, 1.54) is 11.1 Å². The SMILES string of the molecule is Cc1cc(CCC(=O)N2CC[C@@H](O)C2)ccc1Br. The minimum Gasteiger partial charge on any atom is -0.391 e. The summed E-state index contributed by atoms with van der Waals surface area (Å²) in [6.45, 7) is 3.24. The fourth-order valence-electron chi connectivity index (χ4n) is 2.24. The van der Waals surface area contributed by atoms with E-state index in [1.807, 2.05) is 19.1 Å². The molecule has 1 aliphatic heterocycles.